The summed E-state index contributed by atoms with van der Waals surface area (Å²) >= 11 is 0. The molecule has 1 rings (SSSR count). The fourth-order valence-corrected chi connectivity index (χ4v) is 0.574. The highest BCUT2D eigenvalue weighted by Crippen LogP contribution is 1.88. The standard InChI is InChI=1S/C6H8N2.C2H6.CH4/c1-5-3-4-7-6(2)8-5;1-2;/h3-4H,1-2H3;1-2H3;1H4. The molecule has 11 heavy (non-hydrogen) atoms. The quantitative estimate of drug-likeness (QED) is 0.574. The molecule has 0 aliphatic rings. The molecule has 0 radical (unpaired) electrons. The second kappa shape index (κ2) is 7.19. The monoisotopic (exact) mass is 154 g/mol. The molecular weight excluding hydrogens is 136 g/mol. The van der Waals surface area contributed by atoms with Gasteiger partial charge in [-0.25, -0.2) is 9.97 Å². The van der Waals surface area contributed by atoms with Crippen molar-refractivity contribution in [1.82, 2.24) is 9.97 Å². The largest absolute Gasteiger partial charge is 0.242 e. The van der Waals surface area contributed by atoms with Crippen LogP contribution in [-0.2, 0) is 0 Å². The summed E-state index contributed by atoms with van der Waals surface area (Å²) in [5.74, 6) is 0.838. The molecule has 2 heteroatoms. The Morgan fingerprint density at radius 3 is 2.00 bits per heavy atom. The predicted molar refractivity (Wildman–Crippen MR) is 49.6 cm³/mol. The van der Waals surface area contributed by atoms with E-state index in [4.69, 9.17) is 0 Å². The molecule has 0 unspecified atom stereocenters. The van der Waals surface area contributed by atoms with Crippen molar-refractivity contribution < 1.29 is 0 Å². The lowest BCUT2D eigenvalue weighted by atomic mass is 10.4. The maximum absolute atomic E-state index is 4.06. The predicted octanol–water partition coefficient (Wildman–Crippen LogP) is 2.76. The average molecular weight is 154 g/mol. The normalized spacial score (nSPS) is 7.27. The van der Waals surface area contributed by atoms with Crippen molar-refractivity contribution in [3.05, 3.63) is 23.8 Å². The van der Waals surface area contributed by atoms with Gasteiger partial charge < -0.3 is 0 Å². The van der Waals surface area contributed by atoms with Crippen LogP contribution in [0, 0.1) is 13.8 Å². The van der Waals surface area contributed by atoms with Gasteiger partial charge in [-0.05, 0) is 19.9 Å². The molecule has 0 bridgehead atoms. The van der Waals surface area contributed by atoms with Gasteiger partial charge in [0.2, 0.25) is 0 Å². The fourth-order valence-electron chi connectivity index (χ4n) is 0.574. The first-order chi connectivity index (χ1) is 4.79. The lowest BCUT2D eigenvalue weighted by Gasteiger charge is -1.89. The van der Waals surface area contributed by atoms with Crippen molar-refractivity contribution in [3.63, 3.8) is 0 Å². The maximum atomic E-state index is 4.06. The first kappa shape index (κ1) is 12.7. The van der Waals surface area contributed by atoms with Crippen LogP contribution < -0.4 is 0 Å². The third kappa shape index (κ3) is 5.52. The van der Waals surface area contributed by atoms with Gasteiger partial charge in [-0.2, -0.15) is 0 Å². The van der Waals surface area contributed by atoms with E-state index in [2.05, 4.69) is 9.97 Å². The van der Waals surface area contributed by atoms with Gasteiger partial charge in [0.05, 0.1) is 0 Å². The van der Waals surface area contributed by atoms with Crippen molar-refractivity contribution in [2.45, 2.75) is 35.1 Å². The van der Waals surface area contributed by atoms with E-state index >= 15 is 0 Å². The Bertz CT molecular complexity index is 167. The minimum atomic E-state index is 0. The smallest absolute Gasteiger partial charge is 0.125 e. The molecule has 0 aromatic carbocycles. The summed E-state index contributed by atoms with van der Waals surface area (Å²) in [5, 5.41) is 0. The summed E-state index contributed by atoms with van der Waals surface area (Å²) in [7, 11) is 0. The minimum absolute atomic E-state index is 0. The van der Waals surface area contributed by atoms with Gasteiger partial charge in [0.15, 0.2) is 0 Å². The van der Waals surface area contributed by atoms with Crippen LogP contribution >= 0.6 is 0 Å². The van der Waals surface area contributed by atoms with E-state index in [0.29, 0.717) is 0 Å². The number of hydrogen-bond donors (Lipinski definition) is 0. The second-order valence-corrected chi connectivity index (χ2v) is 1.75. The molecule has 0 saturated carbocycles. The molecule has 0 aliphatic carbocycles. The summed E-state index contributed by atoms with van der Waals surface area (Å²) in [6.45, 7) is 7.84. The third-order valence-electron chi connectivity index (χ3n) is 0.915. The van der Waals surface area contributed by atoms with Crippen LogP contribution in [0.25, 0.3) is 0 Å². The van der Waals surface area contributed by atoms with Crippen LogP contribution in [0.2, 0.25) is 0 Å². The topological polar surface area (TPSA) is 25.8 Å². The molecule has 64 valence electrons. The molecule has 0 atom stereocenters. The van der Waals surface area contributed by atoms with E-state index in [9.17, 15) is 0 Å². The molecule has 0 saturated heterocycles. The summed E-state index contributed by atoms with van der Waals surface area (Å²) in [5.41, 5.74) is 1.03. The fraction of sp³-hybridized carbons (Fsp3) is 0.556. The van der Waals surface area contributed by atoms with E-state index in [1.807, 2.05) is 33.8 Å². The van der Waals surface area contributed by atoms with Crippen molar-refractivity contribution in [2.24, 2.45) is 0 Å². The van der Waals surface area contributed by atoms with Crippen LogP contribution in [0.15, 0.2) is 12.3 Å². The minimum Gasteiger partial charge on any atom is -0.242 e. The summed E-state index contributed by atoms with van der Waals surface area (Å²) in [6, 6.07) is 1.88. The van der Waals surface area contributed by atoms with Gasteiger partial charge in [-0.1, -0.05) is 21.3 Å². The van der Waals surface area contributed by atoms with Crippen molar-refractivity contribution >= 4 is 0 Å². The van der Waals surface area contributed by atoms with E-state index < -0.39 is 0 Å². The Hall–Kier alpha value is -0.920. The average Bonchev–Trinajstić information content (AvgIpc) is 1.91. The van der Waals surface area contributed by atoms with Crippen molar-refractivity contribution in [1.29, 1.82) is 0 Å². The number of aryl methyl sites for hydroxylation is 2. The van der Waals surface area contributed by atoms with Crippen LogP contribution in [-0.4, -0.2) is 9.97 Å². The van der Waals surface area contributed by atoms with Gasteiger partial charge in [-0.3, -0.25) is 0 Å². The first-order valence-electron chi connectivity index (χ1n) is 3.55. The van der Waals surface area contributed by atoms with E-state index in [-0.39, 0.29) is 7.43 Å². The lowest BCUT2D eigenvalue weighted by molar-refractivity contribution is 1.01. The molecule has 0 aliphatic heterocycles. The summed E-state index contributed by atoms with van der Waals surface area (Å²) < 4.78 is 0. The molecule has 1 aromatic rings. The van der Waals surface area contributed by atoms with Gasteiger partial charge in [0, 0.05) is 11.9 Å². The highest BCUT2D eigenvalue weighted by Gasteiger charge is 1.83. The summed E-state index contributed by atoms with van der Waals surface area (Å²) in [4.78, 5) is 7.99. The highest BCUT2D eigenvalue weighted by molar-refractivity contribution is 4.97. The van der Waals surface area contributed by atoms with Crippen LogP contribution in [0.1, 0.15) is 32.8 Å². The van der Waals surface area contributed by atoms with Crippen LogP contribution in [0.4, 0.5) is 0 Å². The SMILES string of the molecule is C.CC.Cc1ccnc(C)n1. The van der Waals surface area contributed by atoms with E-state index in [1.165, 1.54) is 0 Å². The summed E-state index contributed by atoms with van der Waals surface area (Å²) in [6.07, 6.45) is 1.76. The zero-order valence-electron chi connectivity index (χ0n) is 7.05. The molecule has 1 heterocycles. The first-order valence-corrected chi connectivity index (χ1v) is 3.55. The Labute approximate surface area is 69.7 Å². The molecule has 1 aromatic heterocycles. The van der Waals surface area contributed by atoms with Gasteiger partial charge in [-0.15, -0.1) is 0 Å². The maximum Gasteiger partial charge on any atom is 0.125 e. The van der Waals surface area contributed by atoms with Crippen LogP contribution in [0.3, 0.4) is 0 Å². The van der Waals surface area contributed by atoms with E-state index in [1.54, 1.807) is 6.20 Å². The second-order valence-electron chi connectivity index (χ2n) is 1.75. The molecule has 0 amide bonds. The number of hydrogen-bond acceptors (Lipinski definition) is 2. The molecule has 2 nitrogen and oxygen atoms in total. The Morgan fingerprint density at radius 1 is 1.18 bits per heavy atom. The lowest BCUT2D eigenvalue weighted by Crippen LogP contribution is -1.86. The van der Waals surface area contributed by atoms with Gasteiger partial charge >= 0.3 is 0 Å². The number of nitrogens with zero attached hydrogens (tertiary/aromatic N) is 2. The Balaban J connectivity index is 0. The Kier molecular flexibility index (Phi) is 8.32. The van der Waals surface area contributed by atoms with Crippen LogP contribution in [0.5, 0.6) is 0 Å². The highest BCUT2D eigenvalue weighted by atomic mass is 14.9. The van der Waals surface area contributed by atoms with Crippen molar-refractivity contribution in [2.75, 3.05) is 0 Å². The molecule has 0 fully saturated rings. The zero-order chi connectivity index (χ0) is 7.98. The zero-order valence-corrected chi connectivity index (χ0v) is 7.05. The molecule has 0 spiro atoms. The van der Waals surface area contributed by atoms with Gasteiger partial charge in [0.1, 0.15) is 5.82 Å². The molecule has 0 N–H and O–H groups in total. The third-order valence-corrected chi connectivity index (χ3v) is 0.915. The molecular formula is C9H18N2. The van der Waals surface area contributed by atoms with E-state index in [0.717, 1.165) is 11.5 Å². The number of aromatic nitrogens is 2. The van der Waals surface area contributed by atoms with Crippen molar-refractivity contribution in [3.8, 4) is 0 Å². The Morgan fingerprint density at radius 2 is 1.73 bits per heavy atom. The van der Waals surface area contributed by atoms with Gasteiger partial charge in [0.25, 0.3) is 0 Å². The number of rotatable bonds is 0.